The Hall–Kier alpha value is -0.660. The quantitative estimate of drug-likeness (QED) is 0.824. The third kappa shape index (κ3) is 2.29. The van der Waals surface area contributed by atoms with Gasteiger partial charge in [-0.15, -0.1) is 0 Å². The van der Waals surface area contributed by atoms with E-state index in [0.717, 1.165) is 25.7 Å². The molecule has 7 heteroatoms. The Morgan fingerprint density at radius 2 is 2.00 bits per heavy atom. The molecule has 0 spiro atoms. The Morgan fingerprint density at radius 1 is 1.33 bits per heavy atom. The summed E-state index contributed by atoms with van der Waals surface area (Å²) in [6.07, 6.45) is 5.39. The standard InChI is InChI=1S/C14H23NO5S/c1-20-9-14(6-7-14)21(18,19)15-11-5-3-2-4-10(11)8-12(15)13(16)17/h10-12H,2-9H2,1H3,(H,16,17). The Bertz CT molecular complexity index is 527. The number of sulfonamides is 1. The highest BCUT2D eigenvalue weighted by atomic mass is 32.2. The fourth-order valence-electron chi connectivity index (χ4n) is 4.08. The van der Waals surface area contributed by atoms with Crippen molar-refractivity contribution in [3.63, 3.8) is 0 Å². The van der Waals surface area contributed by atoms with Crippen molar-refractivity contribution in [1.29, 1.82) is 0 Å². The van der Waals surface area contributed by atoms with E-state index in [2.05, 4.69) is 0 Å². The number of nitrogens with zero attached hydrogens (tertiary/aromatic N) is 1. The second kappa shape index (κ2) is 5.21. The van der Waals surface area contributed by atoms with E-state index in [0.29, 0.717) is 19.3 Å². The van der Waals surface area contributed by atoms with E-state index in [4.69, 9.17) is 4.74 Å². The van der Waals surface area contributed by atoms with Gasteiger partial charge >= 0.3 is 5.97 Å². The number of ether oxygens (including phenoxy) is 1. The summed E-state index contributed by atoms with van der Waals surface area (Å²) in [4.78, 5) is 11.6. The third-order valence-electron chi connectivity index (χ3n) is 5.35. The Kier molecular flexibility index (Phi) is 3.78. The molecule has 3 atom stereocenters. The number of hydrogen-bond acceptors (Lipinski definition) is 4. The maximum absolute atomic E-state index is 13.1. The van der Waals surface area contributed by atoms with Crippen LogP contribution in [0.4, 0.5) is 0 Å². The van der Waals surface area contributed by atoms with Gasteiger partial charge in [0.1, 0.15) is 10.8 Å². The molecule has 0 radical (unpaired) electrons. The maximum atomic E-state index is 13.1. The van der Waals surface area contributed by atoms with E-state index in [1.54, 1.807) is 0 Å². The normalized spacial score (nSPS) is 35.4. The van der Waals surface area contributed by atoms with Crippen molar-refractivity contribution in [3.05, 3.63) is 0 Å². The summed E-state index contributed by atoms with van der Waals surface area (Å²) in [5, 5.41) is 9.47. The number of carbonyl (C=O) groups is 1. The molecule has 0 amide bonds. The minimum absolute atomic E-state index is 0.126. The highest BCUT2D eigenvalue weighted by Crippen LogP contribution is 2.50. The molecule has 6 nitrogen and oxygen atoms in total. The maximum Gasteiger partial charge on any atom is 0.322 e. The lowest BCUT2D eigenvalue weighted by atomic mass is 9.85. The number of methoxy groups -OCH3 is 1. The van der Waals surface area contributed by atoms with Crippen molar-refractivity contribution in [1.82, 2.24) is 4.31 Å². The van der Waals surface area contributed by atoms with E-state index in [9.17, 15) is 18.3 Å². The van der Waals surface area contributed by atoms with Gasteiger partial charge in [0.25, 0.3) is 0 Å². The second-order valence-corrected chi connectivity index (χ2v) is 8.89. The van der Waals surface area contributed by atoms with Crippen LogP contribution in [0.2, 0.25) is 0 Å². The predicted molar refractivity (Wildman–Crippen MR) is 76.4 cm³/mol. The summed E-state index contributed by atoms with van der Waals surface area (Å²) < 4.78 is 31.7. The molecular weight excluding hydrogens is 294 g/mol. The fourth-order valence-corrected chi connectivity index (χ4v) is 6.56. The minimum atomic E-state index is -3.63. The number of aliphatic carboxylic acids is 1. The summed E-state index contributed by atoms with van der Waals surface area (Å²) in [6.45, 7) is 0.162. The van der Waals surface area contributed by atoms with Crippen LogP contribution in [0.25, 0.3) is 0 Å². The van der Waals surface area contributed by atoms with Crippen LogP contribution in [0.1, 0.15) is 44.9 Å². The molecule has 21 heavy (non-hydrogen) atoms. The molecule has 3 aliphatic rings. The van der Waals surface area contributed by atoms with Crippen molar-refractivity contribution in [2.24, 2.45) is 5.92 Å². The topological polar surface area (TPSA) is 83.9 Å². The first kappa shape index (κ1) is 15.2. The third-order valence-corrected chi connectivity index (χ3v) is 8.05. The van der Waals surface area contributed by atoms with Crippen molar-refractivity contribution in [2.45, 2.75) is 61.8 Å². The molecule has 1 N–H and O–H groups in total. The van der Waals surface area contributed by atoms with Gasteiger partial charge in [-0.2, -0.15) is 4.31 Å². The van der Waals surface area contributed by atoms with Crippen molar-refractivity contribution < 1.29 is 23.1 Å². The number of carboxylic acid groups (broad SMARTS) is 1. The smallest absolute Gasteiger partial charge is 0.322 e. The molecule has 0 aromatic carbocycles. The SMILES string of the molecule is COCC1(S(=O)(=O)N2C(C(=O)O)CC3CCCCC32)CC1. The highest BCUT2D eigenvalue weighted by Gasteiger charge is 2.62. The lowest BCUT2D eigenvalue weighted by Gasteiger charge is -2.34. The molecule has 0 aromatic rings. The average molecular weight is 317 g/mol. The van der Waals surface area contributed by atoms with Gasteiger partial charge in [0, 0.05) is 13.2 Å². The van der Waals surface area contributed by atoms with E-state index >= 15 is 0 Å². The van der Waals surface area contributed by atoms with E-state index in [-0.39, 0.29) is 18.6 Å². The Balaban J connectivity index is 1.95. The molecule has 2 aliphatic carbocycles. The van der Waals surface area contributed by atoms with Crippen LogP contribution < -0.4 is 0 Å². The van der Waals surface area contributed by atoms with Gasteiger partial charge < -0.3 is 9.84 Å². The van der Waals surface area contributed by atoms with Gasteiger partial charge in [0.15, 0.2) is 0 Å². The van der Waals surface area contributed by atoms with Crippen LogP contribution in [-0.4, -0.2) is 54.3 Å². The van der Waals surface area contributed by atoms with E-state index in [1.165, 1.54) is 11.4 Å². The van der Waals surface area contributed by atoms with Crippen LogP contribution in [0.3, 0.4) is 0 Å². The zero-order valence-electron chi connectivity index (χ0n) is 12.3. The summed E-state index contributed by atoms with van der Waals surface area (Å²) in [5.74, 6) is -0.811. The van der Waals surface area contributed by atoms with E-state index < -0.39 is 26.8 Å². The van der Waals surface area contributed by atoms with Gasteiger partial charge in [-0.25, -0.2) is 8.42 Å². The summed E-state index contributed by atoms with van der Waals surface area (Å²) >= 11 is 0. The average Bonchev–Trinajstić information content (AvgIpc) is 3.11. The number of carboxylic acids is 1. The van der Waals surface area contributed by atoms with Gasteiger partial charge in [-0.3, -0.25) is 4.79 Å². The summed E-state index contributed by atoms with van der Waals surface area (Å²) in [7, 11) is -2.13. The molecule has 3 unspecified atom stereocenters. The number of hydrogen-bond donors (Lipinski definition) is 1. The van der Waals surface area contributed by atoms with Crippen LogP contribution >= 0.6 is 0 Å². The number of rotatable bonds is 5. The first-order chi connectivity index (χ1) is 9.93. The lowest BCUT2D eigenvalue weighted by Crippen LogP contribution is -2.51. The number of fused-ring (bicyclic) bond motifs is 1. The van der Waals surface area contributed by atoms with Crippen molar-refractivity contribution >= 4 is 16.0 Å². The molecule has 0 bridgehead atoms. The van der Waals surface area contributed by atoms with Crippen LogP contribution in [-0.2, 0) is 19.6 Å². The lowest BCUT2D eigenvalue weighted by molar-refractivity contribution is -0.141. The second-order valence-electron chi connectivity index (χ2n) is 6.65. The molecule has 3 fully saturated rings. The van der Waals surface area contributed by atoms with Crippen molar-refractivity contribution in [3.8, 4) is 0 Å². The zero-order valence-corrected chi connectivity index (χ0v) is 13.1. The summed E-state index contributed by atoms with van der Waals surface area (Å²) in [6, 6.07) is -1.02. The van der Waals surface area contributed by atoms with Gasteiger partial charge in [-0.1, -0.05) is 12.8 Å². The van der Waals surface area contributed by atoms with Crippen LogP contribution in [0.15, 0.2) is 0 Å². The van der Waals surface area contributed by atoms with Crippen LogP contribution in [0, 0.1) is 5.92 Å². The predicted octanol–water partition coefficient (Wildman–Crippen LogP) is 1.21. The molecule has 1 heterocycles. The molecule has 1 aliphatic heterocycles. The largest absolute Gasteiger partial charge is 0.480 e. The minimum Gasteiger partial charge on any atom is -0.480 e. The highest BCUT2D eigenvalue weighted by molar-refractivity contribution is 7.91. The van der Waals surface area contributed by atoms with Gasteiger partial charge in [0.05, 0.1) is 6.61 Å². The molecular formula is C14H23NO5S. The first-order valence-corrected chi connectivity index (χ1v) is 9.12. The van der Waals surface area contributed by atoms with E-state index in [1.807, 2.05) is 0 Å². The van der Waals surface area contributed by atoms with Crippen LogP contribution in [0.5, 0.6) is 0 Å². The molecule has 0 aromatic heterocycles. The first-order valence-electron chi connectivity index (χ1n) is 7.68. The molecule has 120 valence electrons. The molecule has 2 saturated carbocycles. The Morgan fingerprint density at radius 3 is 2.57 bits per heavy atom. The summed E-state index contributed by atoms with van der Waals surface area (Å²) in [5.41, 5.74) is 0. The monoisotopic (exact) mass is 317 g/mol. The molecule has 3 rings (SSSR count). The Labute approximate surface area is 125 Å². The fraction of sp³-hybridized carbons (Fsp3) is 0.929. The molecule has 1 saturated heterocycles. The zero-order chi connectivity index (χ0) is 15.3. The van der Waals surface area contributed by atoms with Gasteiger partial charge in [0.2, 0.25) is 10.0 Å². The van der Waals surface area contributed by atoms with Gasteiger partial charge in [-0.05, 0) is 38.0 Å². The van der Waals surface area contributed by atoms with Crippen molar-refractivity contribution in [2.75, 3.05) is 13.7 Å².